The van der Waals surface area contributed by atoms with E-state index < -0.39 is 0 Å². The third-order valence-electron chi connectivity index (χ3n) is 3.69. The van der Waals surface area contributed by atoms with Gasteiger partial charge in [0.2, 0.25) is 6.54 Å². The van der Waals surface area contributed by atoms with Crippen molar-refractivity contribution >= 4 is 17.0 Å². The lowest BCUT2D eigenvalue weighted by atomic mass is 9.92. The first-order valence-corrected chi connectivity index (χ1v) is 7.64. The highest BCUT2D eigenvalue weighted by molar-refractivity contribution is 7.10. The Kier molecular flexibility index (Phi) is 3.69. The summed E-state index contributed by atoms with van der Waals surface area (Å²) in [5, 5.41) is 16.3. The van der Waals surface area contributed by atoms with Crippen molar-refractivity contribution in [1.29, 1.82) is 0 Å². The van der Waals surface area contributed by atoms with Gasteiger partial charge in [0.15, 0.2) is 0 Å². The van der Waals surface area contributed by atoms with Crippen LogP contribution in [0.25, 0.3) is 0 Å². The lowest BCUT2D eigenvalue weighted by Gasteiger charge is -2.20. The van der Waals surface area contributed by atoms with Gasteiger partial charge in [0.1, 0.15) is 0 Å². The number of nitrogens with one attached hydrogen (secondary N) is 1. The number of rotatable bonds is 4. The van der Waals surface area contributed by atoms with Gasteiger partial charge in [-0.2, -0.15) is 0 Å². The lowest BCUT2D eigenvalue weighted by Crippen LogP contribution is -2.15. The lowest BCUT2D eigenvalue weighted by molar-refractivity contribution is -0.481. The van der Waals surface area contributed by atoms with E-state index in [9.17, 15) is 10.1 Å². The standard InChI is InChI=1S/C15H16N2O2S/c18-17(19)10-13(15-4-2-8-20-15)11-5-6-14-12(9-11)3-1-7-16-14/h2,4-6,8-9,13,16H,1,3,7,10H2/t13-/m1/s1. The second-order valence-corrected chi connectivity index (χ2v) is 6.01. The van der Waals surface area contributed by atoms with Crippen LogP contribution in [0.4, 0.5) is 5.69 Å². The molecule has 1 aromatic carbocycles. The molecule has 0 bridgehead atoms. The van der Waals surface area contributed by atoms with Gasteiger partial charge in [-0.25, -0.2) is 0 Å². The third-order valence-corrected chi connectivity index (χ3v) is 4.67. The molecule has 2 aromatic rings. The molecular weight excluding hydrogens is 272 g/mol. The minimum atomic E-state index is -0.220. The van der Waals surface area contributed by atoms with Crippen LogP contribution in [0, 0.1) is 10.1 Å². The van der Waals surface area contributed by atoms with Crippen LogP contribution in [0.5, 0.6) is 0 Å². The van der Waals surface area contributed by atoms with E-state index in [-0.39, 0.29) is 17.4 Å². The van der Waals surface area contributed by atoms with E-state index in [0.717, 1.165) is 29.8 Å². The molecular formula is C15H16N2O2S. The van der Waals surface area contributed by atoms with Crippen molar-refractivity contribution in [2.24, 2.45) is 0 Å². The SMILES string of the molecule is O=[N+]([O-])C[C@H](c1ccc2c(c1)CCCN2)c1cccs1. The molecule has 20 heavy (non-hydrogen) atoms. The van der Waals surface area contributed by atoms with Gasteiger partial charge < -0.3 is 5.32 Å². The Hall–Kier alpha value is -1.88. The second kappa shape index (κ2) is 5.63. The summed E-state index contributed by atoms with van der Waals surface area (Å²) < 4.78 is 0. The molecule has 0 spiro atoms. The number of hydrogen-bond acceptors (Lipinski definition) is 4. The molecule has 1 aliphatic rings. The quantitative estimate of drug-likeness (QED) is 0.692. The number of anilines is 1. The van der Waals surface area contributed by atoms with Gasteiger partial charge in [0.05, 0.1) is 5.92 Å². The molecule has 0 saturated carbocycles. The van der Waals surface area contributed by atoms with Crippen LogP contribution < -0.4 is 5.32 Å². The number of hydrogen-bond donors (Lipinski definition) is 1. The number of thiophene rings is 1. The molecule has 0 amide bonds. The summed E-state index contributed by atoms with van der Waals surface area (Å²) in [4.78, 5) is 11.8. The third kappa shape index (κ3) is 2.67. The fraction of sp³-hybridized carbons (Fsp3) is 0.333. The molecule has 1 N–H and O–H groups in total. The van der Waals surface area contributed by atoms with Gasteiger partial charge in [0, 0.05) is 22.0 Å². The van der Waals surface area contributed by atoms with E-state index in [2.05, 4.69) is 17.4 Å². The predicted molar refractivity (Wildman–Crippen MR) is 81.3 cm³/mol. The largest absolute Gasteiger partial charge is 0.385 e. The van der Waals surface area contributed by atoms with Gasteiger partial charge in [-0.05, 0) is 41.5 Å². The maximum Gasteiger partial charge on any atom is 0.215 e. The van der Waals surface area contributed by atoms with E-state index in [1.807, 2.05) is 23.6 Å². The number of benzene rings is 1. The molecule has 2 heterocycles. The average molecular weight is 288 g/mol. The molecule has 0 unspecified atom stereocenters. The van der Waals surface area contributed by atoms with E-state index >= 15 is 0 Å². The highest BCUT2D eigenvalue weighted by Gasteiger charge is 2.22. The van der Waals surface area contributed by atoms with Gasteiger partial charge in [-0.1, -0.05) is 18.2 Å². The summed E-state index contributed by atoms with van der Waals surface area (Å²) in [6.07, 6.45) is 2.17. The summed E-state index contributed by atoms with van der Waals surface area (Å²) in [6, 6.07) is 10.1. The smallest absolute Gasteiger partial charge is 0.215 e. The average Bonchev–Trinajstić information content (AvgIpc) is 2.98. The Labute approximate surface area is 121 Å². The molecule has 3 rings (SSSR count). The maximum atomic E-state index is 11.0. The van der Waals surface area contributed by atoms with Gasteiger partial charge in [-0.15, -0.1) is 11.3 Å². The van der Waals surface area contributed by atoms with Crippen LogP contribution in [-0.4, -0.2) is 18.0 Å². The fourth-order valence-electron chi connectivity index (χ4n) is 2.71. The van der Waals surface area contributed by atoms with Gasteiger partial charge >= 0.3 is 0 Å². The molecule has 0 aliphatic carbocycles. The predicted octanol–water partition coefficient (Wildman–Crippen LogP) is 3.51. The van der Waals surface area contributed by atoms with Crippen LogP contribution in [0.2, 0.25) is 0 Å². The number of fused-ring (bicyclic) bond motifs is 1. The highest BCUT2D eigenvalue weighted by Crippen LogP contribution is 2.32. The minimum absolute atomic E-state index is 0.0489. The second-order valence-electron chi connectivity index (χ2n) is 5.03. The summed E-state index contributed by atoms with van der Waals surface area (Å²) in [7, 11) is 0. The van der Waals surface area contributed by atoms with E-state index in [1.165, 1.54) is 11.3 Å². The van der Waals surface area contributed by atoms with Crippen LogP contribution in [-0.2, 0) is 6.42 Å². The zero-order valence-corrected chi connectivity index (χ0v) is 11.9. The van der Waals surface area contributed by atoms with Crippen molar-refractivity contribution in [1.82, 2.24) is 0 Å². The normalized spacial score (nSPS) is 15.2. The van der Waals surface area contributed by atoms with Gasteiger partial charge in [-0.3, -0.25) is 10.1 Å². The van der Waals surface area contributed by atoms with Crippen molar-refractivity contribution in [3.63, 3.8) is 0 Å². The van der Waals surface area contributed by atoms with Crippen molar-refractivity contribution in [2.45, 2.75) is 18.8 Å². The summed E-state index contributed by atoms with van der Waals surface area (Å²) in [5.74, 6) is -0.141. The zero-order valence-electron chi connectivity index (χ0n) is 11.0. The number of aryl methyl sites for hydroxylation is 1. The van der Waals surface area contributed by atoms with E-state index in [0.29, 0.717) is 0 Å². The Balaban J connectivity index is 1.96. The molecule has 1 aliphatic heterocycles. The monoisotopic (exact) mass is 288 g/mol. The van der Waals surface area contributed by atoms with Crippen molar-refractivity contribution < 1.29 is 4.92 Å². The van der Waals surface area contributed by atoms with Crippen molar-refractivity contribution in [3.8, 4) is 0 Å². The Morgan fingerprint density at radius 3 is 3.05 bits per heavy atom. The van der Waals surface area contributed by atoms with Crippen LogP contribution in [0.1, 0.15) is 28.3 Å². The zero-order chi connectivity index (χ0) is 13.9. The van der Waals surface area contributed by atoms with Crippen LogP contribution >= 0.6 is 11.3 Å². The van der Waals surface area contributed by atoms with Crippen LogP contribution in [0.3, 0.4) is 0 Å². The maximum absolute atomic E-state index is 11.0. The summed E-state index contributed by atoms with van der Waals surface area (Å²) in [6.45, 7) is 0.961. The molecule has 4 nitrogen and oxygen atoms in total. The molecule has 0 fully saturated rings. The first kappa shape index (κ1) is 13.1. The van der Waals surface area contributed by atoms with Crippen molar-refractivity contribution in [3.05, 3.63) is 61.8 Å². The minimum Gasteiger partial charge on any atom is -0.385 e. The summed E-state index contributed by atoms with van der Waals surface area (Å²) >= 11 is 1.59. The Morgan fingerprint density at radius 1 is 1.40 bits per heavy atom. The highest BCUT2D eigenvalue weighted by atomic mass is 32.1. The van der Waals surface area contributed by atoms with E-state index in [1.54, 1.807) is 11.3 Å². The molecule has 1 atom stereocenters. The number of nitro groups is 1. The van der Waals surface area contributed by atoms with Gasteiger partial charge in [0.25, 0.3) is 0 Å². The molecule has 0 radical (unpaired) electrons. The molecule has 1 aromatic heterocycles. The van der Waals surface area contributed by atoms with Crippen LogP contribution in [0.15, 0.2) is 35.7 Å². The Bertz CT molecular complexity index is 610. The fourth-order valence-corrected chi connectivity index (χ4v) is 3.56. The first-order valence-electron chi connectivity index (χ1n) is 6.76. The first-order chi connectivity index (χ1) is 9.74. The summed E-state index contributed by atoms with van der Waals surface area (Å²) in [5.41, 5.74) is 3.50. The van der Waals surface area contributed by atoms with E-state index in [4.69, 9.17) is 0 Å². The topological polar surface area (TPSA) is 55.2 Å². The molecule has 5 heteroatoms. The molecule has 0 saturated heterocycles. The Morgan fingerprint density at radius 2 is 2.30 bits per heavy atom. The van der Waals surface area contributed by atoms with Crippen molar-refractivity contribution in [2.75, 3.05) is 18.4 Å². The molecule has 104 valence electrons. The number of nitrogens with zero attached hydrogens (tertiary/aromatic N) is 1.